The Bertz CT molecular complexity index is 493. The lowest BCUT2D eigenvalue weighted by Gasteiger charge is -2.30. The number of nitrogens with zero attached hydrogens (tertiary/aromatic N) is 1. The van der Waals surface area contributed by atoms with Crippen molar-refractivity contribution in [3.05, 3.63) is 35.4 Å². The summed E-state index contributed by atoms with van der Waals surface area (Å²) in [5, 5.41) is 2.97. The molecule has 0 bridgehead atoms. The van der Waals surface area contributed by atoms with Gasteiger partial charge in [0.2, 0.25) is 5.91 Å². The van der Waals surface area contributed by atoms with Crippen LogP contribution in [0.15, 0.2) is 24.3 Å². The number of carbonyl (C=O) groups is 1. The van der Waals surface area contributed by atoms with Gasteiger partial charge in [-0.3, -0.25) is 9.69 Å². The van der Waals surface area contributed by atoms with E-state index < -0.39 is 0 Å². The average molecular weight is 332 g/mol. The van der Waals surface area contributed by atoms with Gasteiger partial charge in [0.05, 0.1) is 0 Å². The number of piperidine rings is 1. The maximum absolute atomic E-state index is 12.1. The monoisotopic (exact) mass is 332 g/mol. The molecule has 1 aromatic carbocycles. The van der Waals surface area contributed by atoms with Crippen LogP contribution in [0, 0.1) is 5.92 Å². The largest absolute Gasteiger partial charge is 0.369 e. The average Bonchev–Trinajstić information content (AvgIpc) is 2.60. The van der Waals surface area contributed by atoms with Crippen molar-refractivity contribution in [1.82, 2.24) is 10.2 Å². The summed E-state index contributed by atoms with van der Waals surface area (Å²) in [5.41, 5.74) is 2.48. The highest BCUT2D eigenvalue weighted by atomic mass is 16.5. The topological polar surface area (TPSA) is 41.6 Å². The van der Waals surface area contributed by atoms with Crippen LogP contribution < -0.4 is 5.32 Å². The summed E-state index contributed by atoms with van der Waals surface area (Å²) in [6.07, 6.45) is 2.98. The van der Waals surface area contributed by atoms with Gasteiger partial charge in [0.25, 0.3) is 0 Å². The SMILES string of the molecule is CCO[C@H](CC)C(=O)NCc1ccc(CN2CCC(C)CC2)cc1. The van der Waals surface area contributed by atoms with Crippen LogP contribution in [-0.4, -0.2) is 36.6 Å². The molecule has 0 aliphatic carbocycles. The van der Waals surface area contributed by atoms with Crippen LogP contribution in [0.2, 0.25) is 0 Å². The fourth-order valence-corrected chi connectivity index (χ4v) is 3.12. The molecular formula is C20H32N2O2. The van der Waals surface area contributed by atoms with Crippen molar-refractivity contribution in [2.45, 2.75) is 59.2 Å². The summed E-state index contributed by atoms with van der Waals surface area (Å²) < 4.78 is 5.43. The van der Waals surface area contributed by atoms with Gasteiger partial charge in [-0.05, 0) is 56.3 Å². The van der Waals surface area contributed by atoms with Crippen molar-refractivity contribution in [1.29, 1.82) is 0 Å². The third-order valence-electron chi connectivity index (χ3n) is 4.80. The van der Waals surface area contributed by atoms with Gasteiger partial charge >= 0.3 is 0 Å². The van der Waals surface area contributed by atoms with Gasteiger partial charge in [-0.2, -0.15) is 0 Å². The number of rotatable bonds is 8. The molecule has 1 heterocycles. The van der Waals surface area contributed by atoms with Crippen LogP contribution in [0.1, 0.15) is 51.2 Å². The lowest BCUT2D eigenvalue weighted by atomic mass is 9.99. The van der Waals surface area contributed by atoms with Crippen molar-refractivity contribution >= 4 is 5.91 Å². The Kier molecular flexibility index (Phi) is 7.73. The second kappa shape index (κ2) is 9.80. The zero-order valence-corrected chi connectivity index (χ0v) is 15.4. The Morgan fingerprint density at radius 2 is 1.83 bits per heavy atom. The Balaban J connectivity index is 1.78. The second-order valence-electron chi connectivity index (χ2n) is 6.85. The van der Waals surface area contributed by atoms with Gasteiger partial charge in [-0.1, -0.05) is 38.1 Å². The Hall–Kier alpha value is -1.39. The summed E-state index contributed by atoms with van der Waals surface area (Å²) in [5.74, 6) is 0.849. The normalized spacial score (nSPS) is 17.6. The number of benzene rings is 1. The first kappa shape index (κ1) is 18.9. The van der Waals surface area contributed by atoms with E-state index in [1.807, 2.05) is 13.8 Å². The molecule has 4 nitrogen and oxygen atoms in total. The van der Waals surface area contributed by atoms with Crippen LogP contribution >= 0.6 is 0 Å². The molecule has 1 atom stereocenters. The van der Waals surface area contributed by atoms with Gasteiger partial charge in [0.15, 0.2) is 0 Å². The first-order valence-corrected chi connectivity index (χ1v) is 9.31. The zero-order chi connectivity index (χ0) is 17.4. The summed E-state index contributed by atoms with van der Waals surface area (Å²) in [7, 11) is 0. The summed E-state index contributed by atoms with van der Waals surface area (Å²) in [6, 6.07) is 8.59. The van der Waals surface area contributed by atoms with Crippen LogP contribution in [0.5, 0.6) is 0 Å². The first-order valence-electron chi connectivity index (χ1n) is 9.31. The third kappa shape index (κ3) is 5.91. The maximum Gasteiger partial charge on any atom is 0.249 e. The molecular weight excluding hydrogens is 300 g/mol. The highest BCUT2D eigenvalue weighted by molar-refractivity contribution is 5.80. The maximum atomic E-state index is 12.1. The van der Waals surface area contributed by atoms with Gasteiger partial charge in [-0.15, -0.1) is 0 Å². The van der Waals surface area contributed by atoms with Crippen LogP contribution in [-0.2, 0) is 22.6 Å². The molecule has 1 aliphatic rings. The van der Waals surface area contributed by atoms with Crippen molar-refractivity contribution in [3.8, 4) is 0 Å². The molecule has 1 amide bonds. The molecule has 1 fully saturated rings. The van der Waals surface area contributed by atoms with Crippen molar-refractivity contribution in [2.24, 2.45) is 5.92 Å². The van der Waals surface area contributed by atoms with E-state index in [1.54, 1.807) is 0 Å². The summed E-state index contributed by atoms with van der Waals surface area (Å²) >= 11 is 0. The van der Waals surface area contributed by atoms with Gasteiger partial charge in [-0.25, -0.2) is 0 Å². The Morgan fingerprint density at radius 3 is 2.42 bits per heavy atom. The summed E-state index contributed by atoms with van der Waals surface area (Å²) in [4.78, 5) is 14.6. The van der Waals surface area contributed by atoms with Gasteiger partial charge in [0.1, 0.15) is 6.10 Å². The van der Waals surface area contributed by atoms with Gasteiger partial charge < -0.3 is 10.1 Å². The minimum atomic E-state index is -0.337. The van der Waals surface area contributed by atoms with Gasteiger partial charge in [0, 0.05) is 19.7 Å². The standard InChI is InChI=1S/C20H32N2O2/c1-4-19(24-5-2)20(23)21-14-17-6-8-18(9-7-17)15-22-12-10-16(3)11-13-22/h6-9,16,19H,4-5,10-15H2,1-3H3,(H,21,23)/t19-/m1/s1. The van der Waals surface area contributed by atoms with E-state index in [0.29, 0.717) is 19.6 Å². The predicted octanol–water partition coefficient (Wildman–Crippen LogP) is 3.35. The fraction of sp³-hybridized carbons (Fsp3) is 0.650. The molecule has 0 radical (unpaired) electrons. The predicted molar refractivity (Wildman–Crippen MR) is 97.7 cm³/mol. The molecule has 0 aromatic heterocycles. The molecule has 1 aromatic rings. The van der Waals surface area contributed by atoms with E-state index >= 15 is 0 Å². The number of carbonyl (C=O) groups excluding carboxylic acids is 1. The number of amides is 1. The minimum Gasteiger partial charge on any atom is -0.369 e. The van der Waals surface area contributed by atoms with Crippen LogP contribution in [0.25, 0.3) is 0 Å². The fourth-order valence-electron chi connectivity index (χ4n) is 3.12. The molecule has 0 saturated carbocycles. The molecule has 4 heteroatoms. The highest BCUT2D eigenvalue weighted by Gasteiger charge is 2.16. The summed E-state index contributed by atoms with van der Waals surface area (Å²) in [6.45, 7) is 10.8. The third-order valence-corrected chi connectivity index (χ3v) is 4.80. The van der Waals surface area contributed by atoms with E-state index in [9.17, 15) is 4.79 Å². The lowest BCUT2D eigenvalue weighted by Crippen LogP contribution is -2.35. The van der Waals surface area contributed by atoms with Crippen LogP contribution in [0.3, 0.4) is 0 Å². The second-order valence-corrected chi connectivity index (χ2v) is 6.85. The molecule has 2 rings (SSSR count). The Labute approximate surface area is 146 Å². The van der Waals surface area contributed by atoms with Crippen molar-refractivity contribution in [3.63, 3.8) is 0 Å². The van der Waals surface area contributed by atoms with E-state index in [2.05, 4.69) is 41.4 Å². The minimum absolute atomic E-state index is 0.0223. The molecule has 24 heavy (non-hydrogen) atoms. The molecule has 0 spiro atoms. The highest BCUT2D eigenvalue weighted by Crippen LogP contribution is 2.18. The zero-order valence-electron chi connectivity index (χ0n) is 15.4. The molecule has 1 saturated heterocycles. The van der Waals surface area contributed by atoms with Crippen molar-refractivity contribution < 1.29 is 9.53 Å². The van der Waals surface area contributed by atoms with E-state index in [-0.39, 0.29) is 12.0 Å². The first-order chi connectivity index (χ1) is 11.6. The Morgan fingerprint density at radius 1 is 1.21 bits per heavy atom. The quantitative estimate of drug-likeness (QED) is 0.794. The smallest absolute Gasteiger partial charge is 0.249 e. The molecule has 1 aliphatic heterocycles. The number of hydrogen-bond acceptors (Lipinski definition) is 3. The molecule has 0 unspecified atom stereocenters. The number of nitrogens with one attached hydrogen (secondary N) is 1. The van der Waals surface area contributed by atoms with Crippen LogP contribution in [0.4, 0.5) is 0 Å². The van der Waals surface area contributed by atoms with E-state index in [0.717, 1.165) is 18.0 Å². The molecule has 134 valence electrons. The van der Waals surface area contributed by atoms with E-state index in [4.69, 9.17) is 4.74 Å². The number of ether oxygens (including phenoxy) is 1. The molecule has 1 N–H and O–H groups in total. The number of hydrogen-bond donors (Lipinski definition) is 1. The van der Waals surface area contributed by atoms with E-state index in [1.165, 1.54) is 31.5 Å². The van der Waals surface area contributed by atoms with Crippen molar-refractivity contribution in [2.75, 3.05) is 19.7 Å². The lowest BCUT2D eigenvalue weighted by molar-refractivity contribution is -0.132. The number of likely N-dealkylation sites (tertiary alicyclic amines) is 1.